The molecule has 168 valence electrons. The number of rotatable bonds is 6. The monoisotopic (exact) mass is 449 g/mol. The zero-order chi connectivity index (χ0) is 23.6. The third kappa shape index (κ3) is 4.43. The van der Waals surface area contributed by atoms with Gasteiger partial charge in [-0.05, 0) is 66.1 Å². The third-order valence-corrected chi connectivity index (χ3v) is 5.65. The Labute approximate surface area is 189 Å². The van der Waals surface area contributed by atoms with Gasteiger partial charge in [-0.3, -0.25) is 0 Å². The fourth-order valence-corrected chi connectivity index (χ4v) is 4.11. The highest BCUT2D eigenvalue weighted by Gasteiger charge is 2.30. The Hall–Kier alpha value is -3.76. The van der Waals surface area contributed by atoms with Crippen molar-refractivity contribution in [2.24, 2.45) is 5.73 Å². The summed E-state index contributed by atoms with van der Waals surface area (Å²) >= 11 is 0. The molecule has 0 bridgehead atoms. The number of nitrogens with zero attached hydrogens (tertiary/aromatic N) is 2. The number of halogens is 3. The van der Waals surface area contributed by atoms with Crippen molar-refractivity contribution < 1.29 is 17.9 Å². The van der Waals surface area contributed by atoms with E-state index in [2.05, 4.69) is 6.07 Å². The Balaban J connectivity index is 1.81. The first-order valence-corrected chi connectivity index (χ1v) is 10.4. The molecule has 0 radical (unpaired) electrons. The first-order valence-electron chi connectivity index (χ1n) is 10.4. The Kier molecular flexibility index (Phi) is 6.12. The Morgan fingerprint density at radius 3 is 2.36 bits per heavy atom. The molecule has 0 aliphatic heterocycles. The maximum absolute atomic E-state index is 12.9. The smallest absolute Gasteiger partial charge is 0.416 e. The van der Waals surface area contributed by atoms with Crippen molar-refractivity contribution in [3.63, 3.8) is 0 Å². The SMILES string of the molecule is COc1c(CCN)c2cc(-c3cccc(C#N)c3)ccc2n1Cc1ccc(C(F)(F)F)cc1. The molecule has 0 atom stereocenters. The number of aromatic nitrogens is 1. The van der Waals surface area contributed by atoms with Crippen LogP contribution in [0.3, 0.4) is 0 Å². The van der Waals surface area contributed by atoms with E-state index in [4.69, 9.17) is 10.5 Å². The van der Waals surface area contributed by atoms with Gasteiger partial charge in [-0.1, -0.05) is 30.3 Å². The van der Waals surface area contributed by atoms with Crippen molar-refractivity contribution in [2.75, 3.05) is 13.7 Å². The number of nitriles is 1. The van der Waals surface area contributed by atoms with Gasteiger partial charge in [0, 0.05) is 10.9 Å². The van der Waals surface area contributed by atoms with Gasteiger partial charge in [0.15, 0.2) is 5.88 Å². The minimum atomic E-state index is -4.37. The van der Waals surface area contributed by atoms with Crippen molar-refractivity contribution in [3.8, 4) is 23.1 Å². The molecule has 1 heterocycles. The summed E-state index contributed by atoms with van der Waals surface area (Å²) in [5, 5.41) is 10.2. The molecule has 33 heavy (non-hydrogen) atoms. The molecule has 4 nitrogen and oxygen atoms in total. The number of fused-ring (bicyclic) bond motifs is 1. The molecule has 0 saturated heterocycles. The van der Waals surface area contributed by atoms with E-state index in [0.717, 1.165) is 45.3 Å². The molecule has 0 aliphatic carbocycles. The van der Waals surface area contributed by atoms with Crippen LogP contribution in [0.15, 0.2) is 66.7 Å². The second-order valence-electron chi connectivity index (χ2n) is 7.73. The molecule has 4 rings (SSSR count). The fourth-order valence-electron chi connectivity index (χ4n) is 4.11. The summed E-state index contributed by atoms with van der Waals surface area (Å²) in [6, 6.07) is 20.7. The van der Waals surface area contributed by atoms with E-state index in [-0.39, 0.29) is 0 Å². The molecule has 0 aliphatic rings. The molecular formula is C26H22F3N3O. The Morgan fingerprint density at radius 1 is 1.00 bits per heavy atom. The van der Waals surface area contributed by atoms with Gasteiger partial charge in [0.1, 0.15) is 0 Å². The molecule has 0 amide bonds. The van der Waals surface area contributed by atoms with E-state index < -0.39 is 11.7 Å². The van der Waals surface area contributed by atoms with Crippen molar-refractivity contribution in [1.29, 1.82) is 5.26 Å². The predicted molar refractivity (Wildman–Crippen MR) is 122 cm³/mol. The van der Waals surface area contributed by atoms with Crippen LogP contribution >= 0.6 is 0 Å². The number of ether oxygens (including phenoxy) is 1. The van der Waals surface area contributed by atoms with E-state index >= 15 is 0 Å². The van der Waals surface area contributed by atoms with Crippen LogP contribution in [-0.4, -0.2) is 18.2 Å². The van der Waals surface area contributed by atoms with Crippen LogP contribution in [0.1, 0.15) is 22.3 Å². The molecule has 7 heteroatoms. The van der Waals surface area contributed by atoms with Crippen molar-refractivity contribution in [2.45, 2.75) is 19.1 Å². The second-order valence-corrected chi connectivity index (χ2v) is 7.73. The van der Waals surface area contributed by atoms with E-state index in [1.54, 1.807) is 13.2 Å². The number of nitrogens with two attached hydrogens (primary N) is 1. The topological polar surface area (TPSA) is 64.0 Å². The molecular weight excluding hydrogens is 427 g/mol. The normalized spacial score (nSPS) is 11.5. The Bertz CT molecular complexity index is 1330. The first kappa shape index (κ1) is 22.4. The van der Waals surface area contributed by atoms with Crippen LogP contribution < -0.4 is 10.5 Å². The highest BCUT2D eigenvalue weighted by Crippen LogP contribution is 2.36. The zero-order valence-electron chi connectivity index (χ0n) is 18.0. The van der Waals surface area contributed by atoms with Gasteiger partial charge in [0.05, 0.1) is 36.4 Å². The minimum absolute atomic E-state index is 0.353. The summed E-state index contributed by atoms with van der Waals surface area (Å²) < 4.78 is 46.5. The molecule has 0 unspecified atom stereocenters. The summed E-state index contributed by atoms with van der Waals surface area (Å²) in [7, 11) is 1.58. The lowest BCUT2D eigenvalue weighted by molar-refractivity contribution is -0.137. The molecule has 3 aromatic carbocycles. The van der Waals surface area contributed by atoms with Gasteiger partial charge in [0.25, 0.3) is 0 Å². The van der Waals surface area contributed by atoms with Gasteiger partial charge in [-0.25, -0.2) is 0 Å². The summed E-state index contributed by atoms with van der Waals surface area (Å²) in [6.07, 6.45) is -3.79. The number of alkyl halides is 3. The van der Waals surface area contributed by atoms with E-state index in [1.807, 2.05) is 41.0 Å². The summed E-state index contributed by atoms with van der Waals surface area (Å²) in [4.78, 5) is 0. The number of methoxy groups -OCH3 is 1. The van der Waals surface area contributed by atoms with E-state index in [0.29, 0.717) is 31.0 Å². The maximum atomic E-state index is 12.9. The number of benzene rings is 3. The largest absolute Gasteiger partial charge is 0.482 e. The summed E-state index contributed by atoms with van der Waals surface area (Å²) in [6.45, 7) is 0.773. The zero-order valence-corrected chi connectivity index (χ0v) is 18.0. The lowest BCUT2D eigenvalue weighted by Gasteiger charge is -2.12. The van der Waals surface area contributed by atoms with Crippen LogP contribution in [-0.2, 0) is 19.1 Å². The highest BCUT2D eigenvalue weighted by molar-refractivity contribution is 5.91. The molecule has 0 spiro atoms. The minimum Gasteiger partial charge on any atom is -0.482 e. The Morgan fingerprint density at radius 2 is 1.73 bits per heavy atom. The van der Waals surface area contributed by atoms with Crippen molar-refractivity contribution in [1.82, 2.24) is 4.57 Å². The average Bonchev–Trinajstić information content (AvgIpc) is 3.10. The predicted octanol–water partition coefficient (Wildman–Crippen LogP) is 5.76. The van der Waals surface area contributed by atoms with Crippen LogP contribution in [0.4, 0.5) is 13.2 Å². The molecule has 0 saturated carbocycles. The van der Waals surface area contributed by atoms with Crippen molar-refractivity contribution in [3.05, 3.63) is 89.0 Å². The number of hydrogen-bond acceptors (Lipinski definition) is 3. The van der Waals surface area contributed by atoms with Gasteiger partial charge in [-0.15, -0.1) is 0 Å². The number of hydrogen-bond donors (Lipinski definition) is 1. The van der Waals surface area contributed by atoms with Crippen LogP contribution in [0, 0.1) is 11.3 Å². The average molecular weight is 449 g/mol. The van der Waals surface area contributed by atoms with Crippen LogP contribution in [0.5, 0.6) is 5.88 Å². The van der Waals surface area contributed by atoms with E-state index in [9.17, 15) is 18.4 Å². The van der Waals surface area contributed by atoms with Crippen LogP contribution in [0.25, 0.3) is 22.0 Å². The summed E-state index contributed by atoms with van der Waals surface area (Å²) in [5.74, 6) is 0.637. The lowest BCUT2D eigenvalue weighted by atomic mass is 10.00. The van der Waals surface area contributed by atoms with E-state index in [1.165, 1.54) is 12.1 Å². The third-order valence-electron chi connectivity index (χ3n) is 5.65. The van der Waals surface area contributed by atoms with Gasteiger partial charge >= 0.3 is 6.18 Å². The maximum Gasteiger partial charge on any atom is 0.416 e. The molecule has 2 N–H and O–H groups in total. The second kappa shape index (κ2) is 9.00. The lowest BCUT2D eigenvalue weighted by Crippen LogP contribution is -2.07. The van der Waals surface area contributed by atoms with Crippen LogP contribution in [0.2, 0.25) is 0 Å². The van der Waals surface area contributed by atoms with Gasteiger partial charge in [-0.2, -0.15) is 18.4 Å². The standard InChI is InChI=1S/C26H22F3N3O/c1-33-25-22(11-12-30)23-14-20(19-4-2-3-18(13-19)15-31)7-10-24(23)32(25)16-17-5-8-21(9-6-17)26(27,28)29/h2-10,13-14H,11-12,16,30H2,1H3. The fraction of sp³-hybridized carbons (Fsp3) is 0.192. The molecule has 1 aromatic heterocycles. The quantitative estimate of drug-likeness (QED) is 0.407. The molecule has 4 aromatic rings. The highest BCUT2D eigenvalue weighted by atomic mass is 19.4. The summed E-state index contributed by atoms with van der Waals surface area (Å²) in [5.41, 5.74) is 10.2. The first-order chi connectivity index (χ1) is 15.9. The molecule has 0 fully saturated rings. The van der Waals surface area contributed by atoms with Gasteiger partial charge < -0.3 is 15.0 Å². The van der Waals surface area contributed by atoms with Crippen molar-refractivity contribution >= 4 is 10.9 Å². The van der Waals surface area contributed by atoms with Gasteiger partial charge in [0.2, 0.25) is 0 Å².